The molecule has 4 rings (SSSR count). The normalized spacial score (nSPS) is 16.3. The number of hydrogen-bond acceptors (Lipinski definition) is 6. The minimum atomic E-state index is -3.77. The third-order valence-corrected chi connectivity index (χ3v) is 6.87. The summed E-state index contributed by atoms with van der Waals surface area (Å²) in [4.78, 5) is 16.7. The van der Waals surface area contributed by atoms with E-state index in [0.717, 1.165) is 33.7 Å². The lowest BCUT2D eigenvalue weighted by Gasteiger charge is -2.35. The van der Waals surface area contributed by atoms with Gasteiger partial charge in [0.05, 0.1) is 17.0 Å². The van der Waals surface area contributed by atoms with Gasteiger partial charge in [-0.1, -0.05) is 17.7 Å². The highest BCUT2D eigenvalue weighted by Gasteiger charge is 2.27. The molecule has 8 nitrogen and oxygen atoms in total. The van der Waals surface area contributed by atoms with Crippen LogP contribution >= 0.6 is 11.6 Å². The zero-order valence-corrected chi connectivity index (χ0v) is 19.0. The van der Waals surface area contributed by atoms with Gasteiger partial charge in [0.2, 0.25) is 22.7 Å². The summed E-state index contributed by atoms with van der Waals surface area (Å²) in [6, 6.07) is 9.40. The number of ether oxygens (including phenoxy) is 2. The van der Waals surface area contributed by atoms with E-state index >= 15 is 0 Å². The quantitative estimate of drug-likeness (QED) is 0.627. The fraction of sp³-hybridized carbons (Fsp3) is 0.381. The van der Waals surface area contributed by atoms with Crippen LogP contribution in [0.4, 0.5) is 10.1 Å². The Morgan fingerprint density at radius 1 is 1.09 bits per heavy atom. The molecule has 0 aromatic heterocycles. The summed E-state index contributed by atoms with van der Waals surface area (Å²) < 4.78 is 49.7. The number of carbonyl (C=O) groups excluding carboxylic acids is 1. The Hall–Kier alpha value is -2.56. The van der Waals surface area contributed by atoms with Crippen LogP contribution in [0.25, 0.3) is 0 Å². The van der Waals surface area contributed by atoms with Crippen molar-refractivity contribution in [2.24, 2.45) is 0 Å². The minimum Gasteiger partial charge on any atom is -0.454 e. The van der Waals surface area contributed by atoms with Crippen LogP contribution in [-0.2, 0) is 21.4 Å². The summed E-state index contributed by atoms with van der Waals surface area (Å²) >= 11 is 5.79. The van der Waals surface area contributed by atoms with Crippen molar-refractivity contribution in [2.45, 2.75) is 6.54 Å². The van der Waals surface area contributed by atoms with Crippen LogP contribution in [0.15, 0.2) is 36.4 Å². The van der Waals surface area contributed by atoms with E-state index in [2.05, 4.69) is 4.90 Å². The Labute approximate surface area is 191 Å². The van der Waals surface area contributed by atoms with Crippen molar-refractivity contribution >= 4 is 33.2 Å². The zero-order valence-electron chi connectivity index (χ0n) is 17.5. The summed E-state index contributed by atoms with van der Waals surface area (Å²) in [5.41, 5.74) is 1.24. The number of fused-ring (bicyclic) bond motifs is 1. The number of halogens is 2. The van der Waals surface area contributed by atoms with Gasteiger partial charge in [0.25, 0.3) is 0 Å². The van der Waals surface area contributed by atoms with E-state index in [1.165, 1.54) is 12.1 Å². The van der Waals surface area contributed by atoms with Crippen molar-refractivity contribution in [3.05, 3.63) is 52.8 Å². The minimum absolute atomic E-state index is 0.147. The Kier molecular flexibility index (Phi) is 6.45. The molecule has 0 atom stereocenters. The maximum absolute atomic E-state index is 13.5. The summed E-state index contributed by atoms with van der Waals surface area (Å²) in [7, 11) is -3.77. The van der Waals surface area contributed by atoms with Crippen LogP contribution in [0, 0.1) is 5.82 Å². The molecule has 0 saturated carbocycles. The van der Waals surface area contributed by atoms with Gasteiger partial charge in [0.1, 0.15) is 12.4 Å². The Bertz CT molecular complexity index is 1120. The van der Waals surface area contributed by atoms with Gasteiger partial charge >= 0.3 is 0 Å². The van der Waals surface area contributed by atoms with Gasteiger partial charge in [0.15, 0.2) is 11.5 Å². The van der Waals surface area contributed by atoms with Crippen molar-refractivity contribution in [1.82, 2.24) is 9.80 Å². The Morgan fingerprint density at radius 3 is 2.50 bits per heavy atom. The molecule has 32 heavy (non-hydrogen) atoms. The van der Waals surface area contributed by atoms with Gasteiger partial charge in [-0.25, -0.2) is 12.8 Å². The highest BCUT2D eigenvalue weighted by Crippen LogP contribution is 2.33. The molecular weight excluding hydrogens is 461 g/mol. The maximum atomic E-state index is 13.5. The Morgan fingerprint density at radius 2 is 1.81 bits per heavy atom. The number of piperazine rings is 1. The van der Waals surface area contributed by atoms with Crippen LogP contribution in [-0.4, -0.2) is 69.9 Å². The van der Waals surface area contributed by atoms with Crippen molar-refractivity contribution in [3.63, 3.8) is 0 Å². The molecule has 1 saturated heterocycles. The summed E-state index contributed by atoms with van der Waals surface area (Å²) in [6.45, 7) is 2.83. The molecule has 2 aromatic rings. The predicted molar refractivity (Wildman–Crippen MR) is 118 cm³/mol. The third-order valence-electron chi connectivity index (χ3n) is 5.44. The highest BCUT2D eigenvalue weighted by atomic mass is 35.5. The molecule has 2 aromatic carbocycles. The molecule has 1 fully saturated rings. The van der Waals surface area contributed by atoms with E-state index in [9.17, 15) is 17.6 Å². The first-order valence-corrected chi connectivity index (χ1v) is 12.2. The highest BCUT2D eigenvalue weighted by molar-refractivity contribution is 7.92. The fourth-order valence-electron chi connectivity index (χ4n) is 3.72. The monoisotopic (exact) mass is 483 g/mol. The van der Waals surface area contributed by atoms with Gasteiger partial charge in [0, 0.05) is 32.7 Å². The van der Waals surface area contributed by atoms with E-state index in [1.54, 1.807) is 4.90 Å². The van der Waals surface area contributed by atoms with E-state index in [-0.39, 0.29) is 30.0 Å². The van der Waals surface area contributed by atoms with Gasteiger partial charge < -0.3 is 14.4 Å². The molecular formula is C21H23ClFN3O5S. The number of sulfonamides is 1. The summed E-state index contributed by atoms with van der Waals surface area (Å²) in [6.07, 6.45) is 1.00. The molecule has 0 spiro atoms. The van der Waals surface area contributed by atoms with E-state index in [0.29, 0.717) is 32.7 Å². The van der Waals surface area contributed by atoms with Gasteiger partial charge in [-0.3, -0.25) is 14.0 Å². The lowest BCUT2D eigenvalue weighted by atomic mass is 10.1. The second-order valence-corrected chi connectivity index (χ2v) is 10.0. The molecule has 0 bridgehead atoms. The molecule has 11 heteroatoms. The molecule has 2 aliphatic heterocycles. The molecule has 172 valence electrons. The van der Waals surface area contributed by atoms with Crippen LogP contribution in [0.2, 0.25) is 5.02 Å². The maximum Gasteiger partial charge on any atom is 0.243 e. The largest absolute Gasteiger partial charge is 0.454 e. The van der Waals surface area contributed by atoms with Crippen LogP contribution in [0.1, 0.15) is 5.56 Å². The number of benzene rings is 2. The predicted octanol–water partition coefficient (Wildman–Crippen LogP) is 2.32. The van der Waals surface area contributed by atoms with Gasteiger partial charge in [-0.15, -0.1) is 0 Å². The lowest BCUT2D eigenvalue weighted by Crippen LogP contribution is -2.51. The van der Waals surface area contributed by atoms with Gasteiger partial charge in [-0.05, 0) is 35.9 Å². The number of hydrogen-bond donors (Lipinski definition) is 0. The smallest absolute Gasteiger partial charge is 0.243 e. The van der Waals surface area contributed by atoms with Crippen molar-refractivity contribution in [3.8, 4) is 11.5 Å². The second kappa shape index (κ2) is 9.13. The molecule has 0 N–H and O–H groups in total. The Balaban J connectivity index is 1.36. The van der Waals surface area contributed by atoms with E-state index < -0.39 is 15.8 Å². The molecule has 2 aliphatic rings. The molecule has 1 amide bonds. The second-order valence-electron chi connectivity index (χ2n) is 7.71. The van der Waals surface area contributed by atoms with Crippen LogP contribution < -0.4 is 13.8 Å². The van der Waals surface area contributed by atoms with E-state index in [4.69, 9.17) is 21.1 Å². The third kappa shape index (κ3) is 5.08. The zero-order chi connectivity index (χ0) is 22.9. The topological polar surface area (TPSA) is 79.4 Å². The van der Waals surface area contributed by atoms with Gasteiger partial charge in [-0.2, -0.15) is 0 Å². The van der Waals surface area contributed by atoms with Crippen molar-refractivity contribution in [2.75, 3.05) is 50.1 Å². The van der Waals surface area contributed by atoms with Crippen molar-refractivity contribution in [1.29, 1.82) is 0 Å². The van der Waals surface area contributed by atoms with Crippen LogP contribution in [0.3, 0.4) is 0 Å². The average Bonchev–Trinajstić information content (AvgIpc) is 3.21. The molecule has 2 heterocycles. The number of rotatable bonds is 6. The summed E-state index contributed by atoms with van der Waals surface area (Å²) in [5, 5.41) is -0.208. The van der Waals surface area contributed by atoms with Crippen molar-refractivity contribution < 1.29 is 27.1 Å². The van der Waals surface area contributed by atoms with E-state index in [1.807, 2.05) is 18.2 Å². The fourth-order valence-corrected chi connectivity index (χ4v) is 4.73. The van der Waals surface area contributed by atoms with Crippen LogP contribution in [0.5, 0.6) is 11.5 Å². The standard InChI is InChI=1S/C21H23ClFN3O5S/c1-32(28,29)26(16-3-4-18(23)17(22)11-16)13-21(27)25-8-6-24(7-9-25)12-15-2-5-19-20(10-15)31-14-30-19/h2-5,10-11H,6-9,12-14H2,1H3. The average molecular weight is 484 g/mol. The first-order valence-electron chi connectivity index (χ1n) is 10.0. The lowest BCUT2D eigenvalue weighted by molar-refractivity contribution is -0.131. The molecule has 0 unspecified atom stereocenters. The number of amides is 1. The molecule has 0 aliphatic carbocycles. The number of anilines is 1. The first kappa shape index (κ1) is 22.6. The number of carbonyl (C=O) groups is 1. The number of nitrogens with zero attached hydrogens (tertiary/aromatic N) is 3. The molecule has 0 radical (unpaired) electrons. The summed E-state index contributed by atoms with van der Waals surface area (Å²) in [5.74, 6) is 0.493. The SMILES string of the molecule is CS(=O)(=O)N(CC(=O)N1CCN(Cc2ccc3c(c2)OCO3)CC1)c1ccc(F)c(Cl)c1. The first-order chi connectivity index (χ1) is 15.2.